The summed E-state index contributed by atoms with van der Waals surface area (Å²) in [6, 6.07) is 4.71. The van der Waals surface area contributed by atoms with Crippen molar-refractivity contribution in [3.63, 3.8) is 0 Å². The molecule has 5 nitrogen and oxygen atoms in total. The summed E-state index contributed by atoms with van der Waals surface area (Å²) in [6.45, 7) is 6.53. The number of esters is 1. The third-order valence-electron chi connectivity index (χ3n) is 3.30. The van der Waals surface area contributed by atoms with Crippen LogP contribution in [-0.2, 0) is 20.9 Å². The van der Waals surface area contributed by atoms with Gasteiger partial charge in [-0.3, -0.25) is 9.78 Å². The minimum absolute atomic E-state index is 0.00135. The molecular weight excluding hydrogens is 369 g/mol. The van der Waals surface area contributed by atoms with Gasteiger partial charge in [0.25, 0.3) is 0 Å². The number of ether oxygens (including phenoxy) is 1. The van der Waals surface area contributed by atoms with Crippen molar-refractivity contribution < 1.29 is 27.3 Å². The quantitative estimate of drug-likeness (QED) is 0.401. The summed E-state index contributed by atoms with van der Waals surface area (Å²) in [7, 11) is 0. The predicted molar refractivity (Wildman–Crippen MR) is 94.1 cm³/mol. The van der Waals surface area contributed by atoms with E-state index in [1.54, 1.807) is 32.9 Å². The lowest BCUT2D eigenvalue weighted by Crippen LogP contribution is -2.31. The Bertz CT molecular complexity index is 616. The van der Waals surface area contributed by atoms with Crippen LogP contribution in [0, 0.1) is 5.92 Å². The van der Waals surface area contributed by atoms with Gasteiger partial charge in [-0.25, -0.2) is 0 Å². The molecule has 0 bridgehead atoms. The van der Waals surface area contributed by atoms with Crippen molar-refractivity contribution in [1.29, 1.82) is 0 Å². The molecule has 0 aliphatic carbocycles. The normalized spacial score (nSPS) is 15.5. The minimum Gasteiger partial charge on any atom is -0.591 e. The van der Waals surface area contributed by atoms with Gasteiger partial charge in [0.15, 0.2) is 0 Å². The molecule has 0 aliphatic heterocycles. The summed E-state index contributed by atoms with van der Waals surface area (Å²) in [4.78, 5) is 15.6. The second-order valence-electron chi connectivity index (χ2n) is 6.57. The molecule has 146 valence electrons. The number of nitrogens with zero attached hydrogens (tertiary/aromatic N) is 2. The van der Waals surface area contributed by atoms with Crippen molar-refractivity contribution in [1.82, 2.24) is 4.98 Å². The van der Waals surface area contributed by atoms with Crippen LogP contribution < -0.4 is 0 Å². The zero-order chi connectivity index (χ0) is 20.0. The van der Waals surface area contributed by atoms with Crippen molar-refractivity contribution in [3.8, 4) is 0 Å². The molecule has 0 amide bonds. The van der Waals surface area contributed by atoms with E-state index < -0.39 is 47.0 Å². The topological polar surface area (TPSA) is 74.6 Å². The van der Waals surface area contributed by atoms with Gasteiger partial charge in [0.2, 0.25) is 0 Å². The van der Waals surface area contributed by atoms with Crippen LogP contribution in [0.2, 0.25) is 0 Å². The first-order valence-electron chi connectivity index (χ1n) is 8.08. The summed E-state index contributed by atoms with van der Waals surface area (Å²) in [5, 5.41) is 0. The lowest BCUT2D eigenvalue weighted by Gasteiger charge is -2.22. The lowest BCUT2D eigenvalue weighted by molar-refractivity contribution is -0.182. The van der Waals surface area contributed by atoms with Crippen LogP contribution in [0.1, 0.15) is 46.2 Å². The van der Waals surface area contributed by atoms with Crippen LogP contribution in [-0.4, -0.2) is 38.7 Å². The van der Waals surface area contributed by atoms with Gasteiger partial charge < -0.3 is 9.29 Å². The maximum Gasteiger partial charge on any atom is 0.392 e. The van der Waals surface area contributed by atoms with Crippen molar-refractivity contribution >= 4 is 23.0 Å². The molecule has 0 aliphatic rings. The van der Waals surface area contributed by atoms with E-state index in [1.807, 2.05) is 0 Å². The predicted octanol–water partition coefficient (Wildman–Crippen LogP) is 3.85. The molecule has 0 aromatic carbocycles. The van der Waals surface area contributed by atoms with E-state index in [0.29, 0.717) is 0 Å². The van der Waals surface area contributed by atoms with Gasteiger partial charge in [0, 0.05) is 12.6 Å². The van der Waals surface area contributed by atoms with Crippen molar-refractivity contribution in [2.45, 2.75) is 51.5 Å². The monoisotopic (exact) mass is 392 g/mol. The highest BCUT2D eigenvalue weighted by atomic mass is 32.2. The van der Waals surface area contributed by atoms with Crippen LogP contribution in [0.5, 0.6) is 0 Å². The van der Waals surface area contributed by atoms with Gasteiger partial charge in [-0.1, -0.05) is 10.5 Å². The number of hydrogen-bond acceptors (Lipinski definition) is 5. The lowest BCUT2D eigenvalue weighted by atomic mass is 9.96. The maximum absolute atomic E-state index is 13.4. The molecule has 1 rings (SSSR count). The van der Waals surface area contributed by atoms with E-state index in [2.05, 4.69) is 14.1 Å². The van der Waals surface area contributed by atoms with Gasteiger partial charge in [-0.05, 0) is 39.8 Å². The number of carbonyl (C=O) groups excluding carboxylic acids is 1. The molecule has 1 unspecified atom stereocenters. The molecule has 0 spiro atoms. The third kappa shape index (κ3) is 7.33. The Balaban J connectivity index is 3.19. The molecular formula is C17H23F3N2O3S. The van der Waals surface area contributed by atoms with Crippen molar-refractivity contribution in [2.24, 2.45) is 10.3 Å². The Morgan fingerprint density at radius 1 is 1.31 bits per heavy atom. The largest absolute Gasteiger partial charge is 0.591 e. The molecule has 0 N–H and O–H groups in total. The van der Waals surface area contributed by atoms with Crippen LogP contribution in [0.15, 0.2) is 28.8 Å². The van der Waals surface area contributed by atoms with Crippen LogP contribution in [0.25, 0.3) is 0 Å². The molecule has 2 atom stereocenters. The number of hydrogen-bond donors (Lipinski definition) is 0. The average molecular weight is 392 g/mol. The van der Waals surface area contributed by atoms with E-state index in [0.717, 1.165) is 0 Å². The van der Waals surface area contributed by atoms with E-state index in [-0.39, 0.29) is 18.0 Å². The first-order valence-corrected chi connectivity index (χ1v) is 9.19. The molecule has 1 aromatic heterocycles. The first-order chi connectivity index (χ1) is 11.9. The maximum atomic E-state index is 13.4. The summed E-state index contributed by atoms with van der Waals surface area (Å²) in [5.74, 6) is -2.94. The van der Waals surface area contributed by atoms with E-state index >= 15 is 0 Å². The second-order valence-corrected chi connectivity index (χ2v) is 8.47. The molecule has 1 heterocycles. The Morgan fingerprint density at radius 3 is 2.42 bits per heavy atom. The molecule has 0 fully saturated rings. The number of halogens is 3. The number of aromatic nitrogens is 1. The SMILES string of the molecule is CCOC(=O)CC(C/C(=N/[S@+]([O-])C(C)(C)C)c1ccccn1)C(F)(F)F. The second kappa shape index (κ2) is 9.36. The summed E-state index contributed by atoms with van der Waals surface area (Å²) in [5.41, 5.74) is 0.147. The number of carbonyl (C=O) groups is 1. The molecule has 1 aromatic rings. The van der Waals surface area contributed by atoms with E-state index in [9.17, 15) is 22.5 Å². The van der Waals surface area contributed by atoms with Gasteiger partial charge in [-0.15, -0.1) is 0 Å². The Hall–Kier alpha value is -1.61. The summed E-state index contributed by atoms with van der Waals surface area (Å²) >= 11 is -1.76. The van der Waals surface area contributed by atoms with Crippen molar-refractivity contribution in [3.05, 3.63) is 30.1 Å². The molecule has 0 radical (unpaired) electrons. The molecule has 9 heteroatoms. The van der Waals surface area contributed by atoms with Gasteiger partial charge in [-0.2, -0.15) is 13.2 Å². The number of alkyl halides is 3. The highest BCUT2D eigenvalue weighted by molar-refractivity contribution is 7.91. The Morgan fingerprint density at radius 2 is 1.96 bits per heavy atom. The molecule has 26 heavy (non-hydrogen) atoms. The molecule has 0 saturated carbocycles. The summed E-state index contributed by atoms with van der Waals surface area (Å²) < 4.78 is 60.4. The highest BCUT2D eigenvalue weighted by Crippen LogP contribution is 2.33. The zero-order valence-corrected chi connectivity index (χ0v) is 16.0. The standard InChI is InChI=1S/C17H23F3N2O3S/c1-5-25-15(23)11-12(17(18,19)20)10-14(13-8-6-7-9-21-13)22-26(24)16(2,3)4/h6-9,12H,5,10-11H2,1-4H3/b22-14-/t12?,26-/m1/s1. The van der Waals surface area contributed by atoms with Gasteiger partial charge in [0.05, 0.1) is 24.6 Å². The van der Waals surface area contributed by atoms with Gasteiger partial charge >= 0.3 is 12.1 Å². The highest BCUT2D eigenvalue weighted by Gasteiger charge is 2.43. The minimum atomic E-state index is -4.63. The van der Waals surface area contributed by atoms with Gasteiger partial charge in [0.1, 0.15) is 21.8 Å². The smallest absolute Gasteiger partial charge is 0.392 e. The van der Waals surface area contributed by atoms with Crippen LogP contribution >= 0.6 is 0 Å². The Kier molecular flexibility index (Phi) is 8.08. The average Bonchev–Trinajstić information content (AvgIpc) is 2.52. The Labute approximate surface area is 154 Å². The fraction of sp³-hybridized carbons (Fsp3) is 0.588. The summed E-state index contributed by atoms with van der Waals surface area (Å²) in [6.07, 6.45) is -4.66. The third-order valence-corrected chi connectivity index (χ3v) is 4.73. The van der Waals surface area contributed by atoms with Crippen molar-refractivity contribution in [2.75, 3.05) is 6.61 Å². The fourth-order valence-electron chi connectivity index (χ4n) is 1.92. The zero-order valence-electron chi connectivity index (χ0n) is 15.2. The van der Waals surface area contributed by atoms with Crippen LogP contribution in [0.4, 0.5) is 13.2 Å². The first kappa shape index (κ1) is 22.4. The van der Waals surface area contributed by atoms with Crippen LogP contribution in [0.3, 0.4) is 0 Å². The number of rotatable bonds is 7. The van der Waals surface area contributed by atoms with E-state index in [1.165, 1.54) is 19.2 Å². The molecule has 0 saturated heterocycles. The fourth-order valence-corrected chi connectivity index (χ4v) is 2.56. The van der Waals surface area contributed by atoms with E-state index in [4.69, 9.17) is 0 Å². The number of pyridine rings is 1.